The Morgan fingerprint density at radius 3 is 2.42 bits per heavy atom. The van der Waals surface area contributed by atoms with Crippen LogP contribution >= 0.6 is 0 Å². The van der Waals surface area contributed by atoms with Crippen LogP contribution in [-0.2, 0) is 9.59 Å². The van der Waals surface area contributed by atoms with Crippen LogP contribution in [0.15, 0.2) is 24.3 Å². The van der Waals surface area contributed by atoms with E-state index in [9.17, 15) is 9.59 Å². The Labute approximate surface area is 186 Å². The van der Waals surface area contributed by atoms with Crippen LogP contribution in [0.2, 0.25) is 0 Å². The molecule has 1 heterocycles. The first-order chi connectivity index (χ1) is 15.0. The highest BCUT2D eigenvalue weighted by molar-refractivity contribution is 5.92. The maximum absolute atomic E-state index is 12.7. The maximum atomic E-state index is 12.7. The summed E-state index contributed by atoms with van der Waals surface area (Å²) in [6.07, 6.45) is 10.7. The lowest BCUT2D eigenvalue weighted by molar-refractivity contribution is -0.137. The van der Waals surface area contributed by atoms with Gasteiger partial charge in [-0.05, 0) is 63.3 Å². The van der Waals surface area contributed by atoms with Crippen LogP contribution in [0, 0.1) is 5.92 Å². The second-order valence-electron chi connectivity index (χ2n) is 8.85. The summed E-state index contributed by atoms with van der Waals surface area (Å²) in [5.41, 5.74) is 0.871. The SMILES string of the molecule is COc1cc(/C=C/C(=O)NC2CCN(C(=O)C3CCCCC3)CC2)ccc1OC(C)C. The molecule has 6 heteroatoms. The fraction of sp³-hybridized carbons (Fsp3) is 0.600. The highest BCUT2D eigenvalue weighted by Crippen LogP contribution is 2.29. The highest BCUT2D eigenvalue weighted by Gasteiger charge is 2.29. The van der Waals surface area contributed by atoms with Crippen molar-refractivity contribution in [3.05, 3.63) is 29.8 Å². The molecular weight excluding hydrogens is 392 g/mol. The third-order valence-corrected chi connectivity index (χ3v) is 6.08. The average Bonchev–Trinajstić information content (AvgIpc) is 2.78. The molecule has 0 spiro atoms. The molecule has 31 heavy (non-hydrogen) atoms. The Hall–Kier alpha value is -2.50. The minimum atomic E-state index is -0.112. The molecule has 2 fully saturated rings. The van der Waals surface area contributed by atoms with Gasteiger partial charge in [-0.3, -0.25) is 9.59 Å². The summed E-state index contributed by atoms with van der Waals surface area (Å²) in [6.45, 7) is 5.40. The quantitative estimate of drug-likeness (QED) is 0.662. The molecule has 3 rings (SSSR count). The Bertz CT molecular complexity index is 776. The Morgan fingerprint density at radius 2 is 1.77 bits per heavy atom. The van der Waals surface area contributed by atoms with E-state index in [0.717, 1.165) is 44.3 Å². The molecule has 0 unspecified atom stereocenters. The second-order valence-corrected chi connectivity index (χ2v) is 8.85. The van der Waals surface area contributed by atoms with E-state index in [2.05, 4.69) is 5.32 Å². The van der Waals surface area contributed by atoms with Crippen LogP contribution in [0.25, 0.3) is 6.08 Å². The zero-order valence-corrected chi connectivity index (χ0v) is 19.1. The van der Waals surface area contributed by atoms with Crippen LogP contribution in [-0.4, -0.2) is 49.1 Å². The molecule has 0 bridgehead atoms. The Kier molecular flexibility index (Phi) is 8.38. The first-order valence-electron chi connectivity index (χ1n) is 11.6. The maximum Gasteiger partial charge on any atom is 0.244 e. The molecule has 1 aromatic rings. The topological polar surface area (TPSA) is 67.9 Å². The van der Waals surface area contributed by atoms with E-state index < -0.39 is 0 Å². The standard InChI is InChI=1S/C25H36N2O4/c1-18(2)31-22-11-9-19(17-23(22)30-3)10-12-24(28)26-21-13-15-27(16-14-21)25(29)20-7-5-4-6-8-20/h9-12,17-18,20-21H,4-8,13-16H2,1-3H3,(H,26,28)/b12-10+. The lowest BCUT2D eigenvalue weighted by atomic mass is 9.87. The summed E-state index contributed by atoms with van der Waals surface area (Å²) in [5.74, 6) is 1.76. The van der Waals surface area contributed by atoms with Crippen molar-refractivity contribution in [3.63, 3.8) is 0 Å². The Morgan fingerprint density at radius 1 is 1.06 bits per heavy atom. The zero-order valence-electron chi connectivity index (χ0n) is 19.1. The van der Waals surface area contributed by atoms with Gasteiger partial charge in [0.25, 0.3) is 0 Å². The smallest absolute Gasteiger partial charge is 0.244 e. The summed E-state index contributed by atoms with van der Waals surface area (Å²) in [6, 6.07) is 5.73. The molecular formula is C25H36N2O4. The molecule has 1 N–H and O–H groups in total. The van der Waals surface area contributed by atoms with E-state index >= 15 is 0 Å². The van der Waals surface area contributed by atoms with Crippen molar-refractivity contribution in [1.82, 2.24) is 10.2 Å². The van der Waals surface area contributed by atoms with E-state index in [4.69, 9.17) is 9.47 Å². The van der Waals surface area contributed by atoms with E-state index in [1.165, 1.54) is 19.3 Å². The number of methoxy groups -OCH3 is 1. The van der Waals surface area contributed by atoms with Gasteiger partial charge in [-0.15, -0.1) is 0 Å². The van der Waals surface area contributed by atoms with Gasteiger partial charge in [0, 0.05) is 31.1 Å². The van der Waals surface area contributed by atoms with Crippen molar-refractivity contribution in [3.8, 4) is 11.5 Å². The number of likely N-dealkylation sites (tertiary alicyclic amines) is 1. The number of piperidine rings is 1. The van der Waals surface area contributed by atoms with Crippen LogP contribution in [0.1, 0.15) is 64.4 Å². The van der Waals surface area contributed by atoms with Gasteiger partial charge in [0.15, 0.2) is 11.5 Å². The van der Waals surface area contributed by atoms with Crippen molar-refractivity contribution in [2.75, 3.05) is 20.2 Å². The number of amides is 2. The molecule has 0 aromatic heterocycles. The van der Waals surface area contributed by atoms with Crippen LogP contribution in [0.3, 0.4) is 0 Å². The monoisotopic (exact) mass is 428 g/mol. The second kappa shape index (κ2) is 11.2. The van der Waals surface area contributed by atoms with E-state index in [0.29, 0.717) is 17.4 Å². The number of rotatable bonds is 7. The van der Waals surface area contributed by atoms with E-state index in [1.54, 1.807) is 19.3 Å². The summed E-state index contributed by atoms with van der Waals surface area (Å²) in [4.78, 5) is 27.1. The number of carbonyl (C=O) groups excluding carboxylic acids is 2. The molecule has 170 valence electrons. The molecule has 1 aliphatic carbocycles. The lowest BCUT2D eigenvalue weighted by Gasteiger charge is -2.35. The predicted molar refractivity (Wildman–Crippen MR) is 122 cm³/mol. The van der Waals surface area contributed by atoms with Crippen molar-refractivity contribution in [1.29, 1.82) is 0 Å². The molecule has 1 aliphatic heterocycles. The fourth-order valence-corrected chi connectivity index (χ4v) is 4.41. The first-order valence-corrected chi connectivity index (χ1v) is 11.6. The van der Waals surface area contributed by atoms with Gasteiger partial charge in [-0.1, -0.05) is 25.3 Å². The highest BCUT2D eigenvalue weighted by atomic mass is 16.5. The molecule has 1 saturated heterocycles. The third kappa shape index (κ3) is 6.74. The molecule has 0 atom stereocenters. The third-order valence-electron chi connectivity index (χ3n) is 6.08. The van der Waals surface area contributed by atoms with Gasteiger partial charge in [0.05, 0.1) is 13.2 Å². The number of hydrogen-bond acceptors (Lipinski definition) is 4. The summed E-state index contributed by atoms with van der Waals surface area (Å²) >= 11 is 0. The number of nitrogens with zero attached hydrogens (tertiary/aromatic N) is 1. The fourth-order valence-electron chi connectivity index (χ4n) is 4.41. The molecule has 6 nitrogen and oxygen atoms in total. The molecule has 2 amide bonds. The van der Waals surface area contributed by atoms with Gasteiger partial charge < -0.3 is 19.7 Å². The van der Waals surface area contributed by atoms with E-state index in [-0.39, 0.29) is 24.0 Å². The number of benzene rings is 1. The summed E-state index contributed by atoms with van der Waals surface area (Å²) in [5, 5.41) is 3.07. The molecule has 1 aromatic carbocycles. The largest absolute Gasteiger partial charge is 0.493 e. The lowest BCUT2D eigenvalue weighted by Crippen LogP contribution is -2.48. The Balaban J connectivity index is 1.47. The number of nitrogens with one attached hydrogen (secondary N) is 1. The number of hydrogen-bond donors (Lipinski definition) is 1. The van der Waals surface area contributed by atoms with Crippen LogP contribution < -0.4 is 14.8 Å². The summed E-state index contributed by atoms with van der Waals surface area (Å²) < 4.78 is 11.1. The number of ether oxygens (including phenoxy) is 2. The predicted octanol–water partition coefficient (Wildman–Crippen LogP) is 4.18. The normalized spacial score (nSPS) is 18.4. The summed E-state index contributed by atoms with van der Waals surface area (Å²) in [7, 11) is 1.61. The number of carbonyl (C=O) groups is 2. The zero-order chi connectivity index (χ0) is 22.2. The molecule has 1 saturated carbocycles. The van der Waals surface area contributed by atoms with Crippen molar-refractivity contribution >= 4 is 17.9 Å². The van der Waals surface area contributed by atoms with Crippen LogP contribution in [0.4, 0.5) is 0 Å². The van der Waals surface area contributed by atoms with Crippen molar-refractivity contribution in [2.45, 2.75) is 70.9 Å². The first kappa shape index (κ1) is 23.2. The van der Waals surface area contributed by atoms with Crippen LogP contribution in [0.5, 0.6) is 11.5 Å². The molecule has 2 aliphatic rings. The van der Waals surface area contributed by atoms with Crippen molar-refractivity contribution < 1.29 is 19.1 Å². The minimum absolute atomic E-state index is 0.0606. The van der Waals surface area contributed by atoms with Gasteiger partial charge in [-0.2, -0.15) is 0 Å². The van der Waals surface area contributed by atoms with E-state index in [1.807, 2.05) is 36.9 Å². The van der Waals surface area contributed by atoms with Gasteiger partial charge in [-0.25, -0.2) is 0 Å². The minimum Gasteiger partial charge on any atom is -0.493 e. The van der Waals surface area contributed by atoms with Crippen molar-refractivity contribution in [2.24, 2.45) is 5.92 Å². The van der Waals surface area contributed by atoms with Gasteiger partial charge >= 0.3 is 0 Å². The molecule has 0 radical (unpaired) electrons. The van der Waals surface area contributed by atoms with Gasteiger partial charge in [0.1, 0.15) is 0 Å². The van der Waals surface area contributed by atoms with Gasteiger partial charge in [0.2, 0.25) is 11.8 Å². The average molecular weight is 429 g/mol.